The van der Waals surface area contributed by atoms with Crippen LogP contribution in [0.15, 0.2) is 28.8 Å². The van der Waals surface area contributed by atoms with E-state index in [1.807, 2.05) is 18.2 Å². The van der Waals surface area contributed by atoms with Crippen LogP contribution in [0, 0.1) is 5.41 Å². The molecule has 0 N–H and O–H groups in total. The van der Waals surface area contributed by atoms with E-state index >= 15 is 0 Å². The summed E-state index contributed by atoms with van der Waals surface area (Å²) in [5.74, 6) is 1.12. The average molecular weight is 341 g/mol. The minimum Gasteiger partial charge on any atom is -0.497 e. The lowest BCUT2D eigenvalue weighted by atomic mass is 9.84. The second-order valence-corrected chi connectivity index (χ2v) is 6.69. The van der Waals surface area contributed by atoms with Gasteiger partial charge in [-0.05, 0) is 25.0 Å². The predicted molar refractivity (Wildman–Crippen MR) is 87.4 cm³/mol. The minimum atomic E-state index is -0.479. The van der Waals surface area contributed by atoms with Crippen LogP contribution in [-0.2, 0) is 16.1 Å². The van der Waals surface area contributed by atoms with Crippen LogP contribution in [0.5, 0.6) is 5.75 Å². The summed E-state index contributed by atoms with van der Waals surface area (Å²) < 4.78 is 10.4. The summed E-state index contributed by atoms with van der Waals surface area (Å²) in [6.45, 7) is 0.0381. The first-order valence-corrected chi connectivity index (χ1v) is 8.43. The van der Waals surface area contributed by atoms with Gasteiger partial charge in [-0.15, -0.1) is 0 Å². The smallest absolute Gasteiger partial charge is 0.247 e. The molecule has 1 saturated heterocycles. The average Bonchev–Trinajstić information content (AvgIpc) is 3.33. The Morgan fingerprint density at radius 1 is 1.28 bits per heavy atom. The third-order valence-corrected chi connectivity index (χ3v) is 5.14. The second-order valence-electron chi connectivity index (χ2n) is 6.69. The van der Waals surface area contributed by atoms with Gasteiger partial charge in [-0.1, -0.05) is 30.1 Å². The fraction of sp³-hybridized carbons (Fsp3) is 0.444. The van der Waals surface area contributed by atoms with Crippen LogP contribution in [0.3, 0.4) is 0 Å². The number of nitrogens with zero attached hydrogens (tertiary/aromatic N) is 3. The Bertz CT molecular complexity index is 823. The highest BCUT2D eigenvalue weighted by atomic mass is 16.5. The van der Waals surface area contributed by atoms with E-state index in [-0.39, 0.29) is 24.2 Å². The Hall–Kier alpha value is -2.70. The molecule has 1 saturated carbocycles. The van der Waals surface area contributed by atoms with Gasteiger partial charge in [0, 0.05) is 12.0 Å². The summed E-state index contributed by atoms with van der Waals surface area (Å²) in [5.41, 5.74) is 0.271. The van der Waals surface area contributed by atoms with Crippen LogP contribution >= 0.6 is 0 Å². The van der Waals surface area contributed by atoms with Crippen LogP contribution in [0.1, 0.15) is 38.0 Å². The molecule has 0 unspecified atom stereocenters. The van der Waals surface area contributed by atoms with Crippen molar-refractivity contribution in [2.45, 2.75) is 38.6 Å². The number of benzene rings is 1. The molecule has 2 heterocycles. The molecule has 130 valence electrons. The standard InChI is InChI=1S/C18H19N3O4/c1-24-13-6-4-5-12(9-13)16-19-14(25-20-16)11-21-15(22)10-18(17(21)23)7-2-3-8-18/h4-6,9H,2-3,7-8,10-11H2,1H3. The topological polar surface area (TPSA) is 85.5 Å². The highest BCUT2D eigenvalue weighted by Crippen LogP contribution is 2.47. The lowest BCUT2D eigenvalue weighted by Crippen LogP contribution is -2.34. The van der Waals surface area contributed by atoms with Crippen molar-refractivity contribution in [3.8, 4) is 17.1 Å². The molecule has 2 amide bonds. The summed E-state index contributed by atoms with van der Waals surface area (Å²) >= 11 is 0. The molecular weight excluding hydrogens is 322 g/mol. The van der Waals surface area contributed by atoms with Crippen LogP contribution in [0.4, 0.5) is 0 Å². The van der Waals surface area contributed by atoms with Crippen molar-refractivity contribution in [2.75, 3.05) is 7.11 Å². The minimum absolute atomic E-state index is 0.0381. The predicted octanol–water partition coefficient (Wildman–Crippen LogP) is 2.56. The first kappa shape index (κ1) is 15.8. The number of carbonyl (C=O) groups excluding carboxylic acids is 2. The van der Waals surface area contributed by atoms with Crippen molar-refractivity contribution in [3.63, 3.8) is 0 Å². The number of ether oxygens (including phenoxy) is 1. The van der Waals surface area contributed by atoms with Crippen LogP contribution in [0.2, 0.25) is 0 Å². The van der Waals surface area contributed by atoms with Gasteiger partial charge in [0.15, 0.2) is 0 Å². The molecular formula is C18H19N3O4. The van der Waals surface area contributed by atoms with Gasteiger partial charge >= 0.3 is 0 Å². The van der Waals surface area contributed by atoms with Crippen molar-refractivity contribution in [1.82, 2.24) is 15.0 Å². The van der Waals surface area contributed by atoms with E-state index < -0.39 is 5.41 Å². The molecule has 25 heavy (non-hydrogen) atoms. The number of amides is 2. The fourth-order valence-electron chi connectivity index (χ4n) is 3.80. The van der Waals surface area contributed by atoms with Crippen molar-refractivity contribution in [2.24, 2.45) is 5.41 Å². The maximum atomic E-state index is 12.7. The van der Waals surface area contributed by atoms with Crippen LogP contribution < -0.4 is 4.74 Å². The van der Waals surface area contributed by atoms with Gasteiger partial charge in [0.05, 0.1) is 12.5 Å². The SMILES string of the molecule is COc1cccc(-c2noc(CN3C(=O)CC4(CCCC4)C3=O)n2)c1. The van der Waals surface area contributed by atoms with Gasteiger partial charge in [0.25, 0.3) is 0 Å². The molecule has 0 radical (unpaired) electrons. The Morgan fingerprint density at radius 3 is 2.84 bits per heavy atom. The monoisotopic (exact) mass is 341 g/mol. The number of carbonyl (C=O) groups is 2. The van der Waals surface area contributed by atoms with E-state index in [0.29, 0.717) is 18.0 Å². The lowest BCUT2D eigenvalue weighted by Gasteiger charge is -2.19. The third-order valence-electron chi connectivity index (χ3n) is 5.14. The first-order valence-electron chi connectivity index (χ1n) is 8.43. The number of methoxy groups -OCH3 is 1. The molecule has 4 rings (SSSR count). The van der Waals surface area contributed by atoms with Gasteiger partial charge in [-0.25, -0.2) is 0 Å². The molecule has 1 aliphatic heterocycles. The molecule has 1 aliphatic carbocycles. The lowest BCUT2D eigenvalue weighted by molar-refractivity contribution is -0.142. The summed E-state index contributed by atoms with van der Waals surface area (Å²) in [5, 5.41) is 3.95. The van der Waals surface area contributed by atoms with E-state index in [9.17, 15) is 9.59 Å². The Kier molecular flexibility index (Phi) is 3.78. The first-order chi connectivity index (χ1) is 12.1. The highest BCUT2D eigenvalue weighted by molar-refractivity contribution is 6.05. The molecule has 1 spiro atoms. The normalized spacial score (nSPS) is 19.2. The number of imide groups is 1. The zero-order valence-corrected chi connectivity index (χ0v) is 14.0. The van der Waals surface area contributed by atoms with Crippen molar-refractivity contribution in [3.05, 3.63) is 30.2 Å². The van der Waals surface area contributed by atoms with Gasteiger partial charge in [-0.3, -0.25) is 14.5 Å². The Labute approximate surface area is 145 Å². The summed E-state index contributed by atoms with van der Waals surface area (Å²) in [6.07, 6.45) is 3.92. The van der Waals surface area contributed by atoms with E-state index in [2.05, 4.69) is 10.1 Å². The zero-order valence-electron chi connectivity index (χ0n) is 14.0. The van der Waals surface area contributed by atoms with Gasteiger partial charge < -0.3 is 9.26 Å². The maximum Gasteiger partial charge on any atom is 0.247 e. The van der Waals surface area contributed by atoms with Crippen LogP contribution in [0.25, 0.3) is 11.4 Å². The number of hydrogen-bond acceptors (Lipinski definition) is 6. The Balaban J connectivity index is 1.53. The van der Waals surface area contributed by atoms with Gasteiger partial charge in [0.2, 0.25) is 23.5 Å². The van der Waals surface area contributed by atoms with E-state index in [4.69, 9.17) is 9.26 Å². The molecule has 2 fully saturated rings. The molecule has 7 nitrogen and oxygen atoms in total. The third kappa shape index (κ3) is 2.69. The molecule has 7 heteroatoms. The quantitative estimate of drug-likeness (QED) is 0.795. The molecule has 1 aromatic heterocycles. The largest absolute Gasteiger partial charge is 0.497 e. The molecule has 0 bridgehead atoms. The zero-order chi connectivity index (χ0) is 17.4. The fourth-order valence-corrected chi connectivity index (χ4v) is 3.80. The summed E-state index contributed by atoms with van der Waals surface area (Å²) in [7, 11) is 1.59. The van der Waals surface area contributed by atoms with E-state index in [0.717, 1.165) is 31.2 Å². The molecule has 2 aromatic rings. The Morgan fingerprint density at radius 2 is 2.08 bits per heavy atom. The second kappa shape index (κ2) is 5.98. The maximum absolute atomic E-state index is 12.7. The number of likely N-dealkylation sites (tertiary alicyclic amines) is 1. The van der Waals surface area contributed by atoms with Gasteiger partial charge in [-0.2, -0.15) is 4.98 Å². The number of hydrogen-bond donors (Lipinski definition) is 0. The molecule has 0 atom stereocenters. The molecule has 1 aromatic carbocycles. The van der Waals surface area contributed by atoms with Crippen molar-refractivity contribution < 1.29 is 18.8 Å². The highest BCUT2D eigenvalue weighted by Gasteiger charge is 2.52. The number of rotatable bonds is 4. The van der Waals surface area contributed by atoms with Crippen molar-refractivity contribution in [1.29, 1.82) is 0 Å². The van der Waals surface area contributed by atoms with Crippen molar-refractivity contribution >= 4 is 11.8 Å². The molecule has 2 aliphatic rings. The van der Waals surface area contributed by atoms with E-state index in [1.54, 1.807) is 13.2 Å². The number of aromatic nitrogens is 2. The van der Waals surface area contributed by atoms with Gasteiger partial charge in [0.1, 0.15) is 12.3 Å². The summed E-state index contributed by atoms with van der Waals surface area (Å²) in [6, 6.07) is 7.31. The summed E-state index contributed by atoms with van der Waals surface area (Å²) in [4.78, 5) is 30.6. The van der Waals surface area contributed by atoms with E-state index in [1.165, 1.54) is 4.90 Å². The van der Waals surface area contributed by atoms with Crippen LogP contribution in [-0.4, -0.2) is 34.0 Å².